The molecule has 1 N–H and O–H groups in total. The molecule has 6 heteroatoms. The van der Waals surface area contributed by atoms with Crippen LogP contribution in [0.1, 0.15) is 47.4 Å². The van der Waals surface area contributed by atoms with E-state index in [1.807, 2.05) is 0 Å². The first-order valence-corrected chi connectivity index (χ1v) is 9.80. The quantitative estimate of drug-likeness (QED) is 0.807. The highest BCUT2D eigenvalue weighted by molar-refractivity contribution is 5.95. The van der Waals surface area contributed by atoms with Crippen LogP contribution in [-0.2, 0) is 0 Å². The van der Waals surface area contributed by atoms with Gasteiger partial charge in [-0.3, -0.25) is 19.5 Å². The molecular weight excluding hydrogens is 354 g/mol. The zero-order valence-corrected chi connectivity index (χ0v) is 16.2. The molecule has 1 aromatic carbocycles. The molecule has 0 saturated carbocycles. The summed E-state index contributed by atoms with van der Waals surface area (Å²) in [6.45, 7) is 5.98. The Morgan fingerprint density at radius 3 is 2.43 bits per heavy atom. The number of aromatic nitrogens is 1. The Morgan fingerprint density at radius 2 is 1.79 bits per heavy atom. The number of benzene rings is 1. The molecule has 0 spiro atoms. The Morgan fingerprint density at radius 1 is 1.07 bits per heavy atom. The predicted octanol–water partition coefficient (Wildman–Crippen LogP) is 3.29. The van der Waals surface area contributed by atoms with Gasteiger partial charge in [0.1, 0.15) is 11.5 Å². The lowest BCUT2D eigenvalue weighted by Gasteiger charge is -2.49. The van der Waals surface area contributed by atoms with Crippen molar-refractivity contribution in [2.45, 2.75) is 38.8 Å². The lowest BCUT2D eigenvalue weighted by molar-refractivity contribution is 0.0217. The molecule has 3 aliphatic heterocycles. The molecule has 2 bridgehead atoms. The number of nitrogens with one attached hydrogen (secondary N) is 1. The normalized spacial score (nSPS) is 25.9. The molecule has 0 unspecified atom stereocenters. The molecule has 3 saturated heterocycles. The Balaban J connectivity index is 1.41. The van der Waals surface area contributed by atoms with Crippen molar-refractivity contribution in [1.82, 2.24) is 15.2 Å². The van der Waals surface area contributed by atoms with E-state index in [9.17, 15) is 9.59 Å². The van der Waals surface area contributed by atoms with Gasteiger partial charge in [0.05, 0.1) is 6.20 Å². The largest absolute Gasteiger partial charge is 0.456 e. The van der Waals surface area contributed by atoms with Gasteiger partial charge in [0.15, 0.2) is 5.78 Å². The van der Waals surface area contributed by atoms with Crippen molar-refractivity contribution >= 4 is 11.7 Å². The van der Waals surface area contributed by atoms with E-state index in [0.717, 1.165) is 25.9 Å². The van der Waals surface area contributed by atoms with Crippen molar-refractivity contribution in [3.8, 4) is 11.5 Å². The minimum Gasteiger partial charge on any atom is -0.456 e. The van der Waals surface area contributed by atoms with E-state index >= 15 is 0 Å². The maximum Gasteiger partial charge on any atom is 0.251 e. The molecule has 146 valence electrons. The van der Waals surface area contributed by atoms with E-state index in [2.05, 4.69) is 22.1 Å². The molecule has 4 heterocycles. The molecule has 0 radical (unpaired) electrons. The summed E-state index contributed by atoms with van der Waals surface area (Å²) in [7, 11) is 0. The lowest BCUT2D eigenvalue weighted by Crippen LogP contribution is -2.62. The van der Waals surface area contributed by atoms with Crippen LogP contribution in [-0.4, -0.2) is 46.7 Å². The zero-order chi connectivity index (χ0) is 19.7. The van der Waals surface area contributed by atoms with Crippen LogP contribution in [0.3, 0.4) is 0 Å². The number of ketones is 1. The van der Waals surface area contributed by atoms with Gasteiger partial charge in [0.2, 0.25) is 0 Å². The molecule has 2 aromatic rings. The van der Waals surface area contributed by atoms with E-state index in [1.165, 1.54) is 13.1 Å². The number of amides is 1. The summed E-state index contributed by atoms with van der Waals surface area (Å²) in [5, 5.41) is 3.24. The second kappa shape index (κ2) is 7.72. The first kappa shape index (κ1) is 18.6. The maximum atomic E-state index is 12.7. The van der Waals surface area contributed by atoms with E-state index in [4.69, 9.17) is 4.74 Å². The Bertz CT molecular complexity index is 871. The monoisotopic (exact) mass is 379 g/mol. The van der Waals surface area contributed by atoms with Crippen molar-refractivity contribution in [3.05, 3.63) is 53.9 Å². The molecule has 3 aliphatic rings. The van der Waals surface area contributed by atoms with Crippen LogP contribution < -0.4 is 10.1 Å². The van der Waals surface area contributed by atoms with Crippen LogP contribution >= 0.6 is 0 Å². The topological polar surface area (TPSA) is 71.5 Å². The molecule has 0 aliphatic carbocycles. The van der Waals surface area contributed by atoms with Crippen LogP contribution in [0.5, 0.6) is 11.5 Å². The van der Waals surface area contributed by atoms with E-state index in [-0.39, 0.29) is 17.7 Å². The lowest BCUT2D eigenvalue weighted by atomic mass is 9.79. The van der Waals surface area contributed by atoms with Gasteiger partial charge in [-0.25, -0.2) is 0 Å². The number of Topliss-reactive ketones (excluding diaryl/α,β-unsaturated/α-hetero) is 1. The van der Waals surface area contributed by atoms with Gasteiger partial charge >= 0.3 is 0 Å². The molecule has 28 heavy (non-hydrogen) atoms. The number of ether oxygens (including phenoxy) is 1. The minimum absolute atomic E-state index is 0.0441. The average Bonchev–Trinajstić information content (AvgIpc) is 2.71. The molecule has 2 atom stereocenters. The van der Waals surface area contributed by atoms with Gasteiger partial charge in [-0.05, 0) is 76.0 Å². The highest BCUT2D eigenvalue weighted by atomic mass is 16.5. The van der Waals surface area contributed by atoms with E-state index < -0.39 is 0 Å². The van der Waals surface area contributed by atoms with Gasteiger partial charge in [-0.2, -0.15) is 0 Å². The van der Waals surface area contributed by atoms with Crippen LogP contribution in [0.2, 0.25) is 0 Å². The van der Waals surface area contributed by atoms with Gasteiger partial charge in [-0.15, -0.1) is 0 Å². The van der Waals surface area contributed by atoms with Gasteiger partial charge < -0.3 is 10.1 Å². The third-order valence-electron chi connectivity index (χ3n) is 5.95. The Kier molecular flexibility index (Phi) is 5.13. The predicted molar refractivity (Wildman–Crippen MR) is 106 cm³/mol. The molecular formula is C22H25N3O3. The van der Waals surface area contributed by atoms with Crippen molar-refractivity contribution < 1.29 is 14.3 Å². The summed E-state index contributed by atoms with van der Waals surface area (Å²) in [6, 6.07) is 9.30. The number of pyridine rings is 1. The average molecular weight is 379 g/mol. The van der Waals surface area contributed by atoms with Crippen LogP contribution in [0, 0.1) is 5.92 Å². The van der Waals surface area contributed by atoms with Gasteiger partial charge in [-0.1, -0.05) is 0 Å². The summed E-state index contributed by atoms with van der Waals surface area (Å²) in [5.41, 5.74) is 1.12. The number of rotatable bonds is 5. The zero-order valence-electron chi connectivity index (χ0n) is 16.2. The third kappa shape index (κ3) is 3.78. The fourth-order valence-corrected chi connectivity index (χ4v) is 4.26. The summed E-state index contributed by atoms with van der Waals surface area (Å²) >= 11 is 0. The van der Waals surface area contributed by atoms with E-state index in [1.54, 1.807) is 36.5 Å². The Hall–Kier alpha value is -2.73. The minimum atomic E-state index is -0.0630. The number of fused-ring (bicyclic) bond motifs is 3. The summed E-state index contributed by atoms with van der Waals surface area (Å²) in [4.78, 5) is 30.7. The standard InChI is InChI=1S/C22H25N3O3/c1-14-21(16-7-9-25(14)10-8-16)24-22(27)17-3-5-19(6-4-17)28-20-11-18(15(2)26)12-23-13-20/h3-6,11-14,16,21H,7-10H2,1-2H3,(H,24,27)/t14-,21-/m0/s1. The Labute approximate surface area is 164 Å². The fourth-order valence-electron chi connectivity index (χ4n) is 4.26. The molecule has 1 aromatic heterocycles. The van der Waals surface area contributed by atoms with Crippen molar-refractivity contribution in [2.24, 2.45) is 5.92 Å². The molecule has 1 amide bonds. The van der Waals surface area contributed by atoms with Crippen molar-refractivity contribution in [2.75, 3.05) is 13.1 Å². The first-order valence-electron chi connectivity index (χ1n) is 9.80. The molecule has 3 fully saturated rings. The molecule has 5 rings (SSSR count). The fraction of sp³-hybridized carbons (Fsp3) is 0.409. The van der Waals surface area contributed by atoms with Gasteiger partial charge in [0, 0.05) is 29.4 Å². The number of carbonyl (C=O) groups is 2. The van der Waals surface area contributed by atoms with Crippen molar-refractivity contribution in [3.63, 3.8) is 0 Å². The van der Waals surface area contributed by atoms with Crippen LogP contribution in [0.25, 0.3) is 0 Å². The summed E-state index contributed by atoms with van der Waals surface area (Å²) in [5.74, 6) is 1.55. The summed E-state index contributed by atoms with van der Waals surface area (Å²) in [6.07, 6.45) is 5.39. The van der Waals surface area contributed by atoms with Crippen LogP contribution in [0.15, 0.2) is 42.7 Å². The highest BCUT2D eigenvalue weighted by Crippen LogP contribution is 2.32. The van der Waals surface area contributed by atoms with E-state index in [0.29, 0.717) is 34.6 Å². The second-order valence-corrected chi connectivity index (χ2v) is 7.71. The number of hydrogen-bond donors (Lipinski definition) is 1. The second-order valence-electron chi connectivity index (χ2n) is 7.71. The molecule has 6 nitrogen and oxygen atoms in total. The summed E-state index contributed by atoms with van der Waals surface area (Å²) < 4.78 is 5.76. The SMILES string of the molecule is CC(=O)c1cncc(Oc2ccc(C(=O)N[C@@H]3C4CCN(CC4)[C@H]3C)cc2)c1. The number of piperidine rings is 3. The highest BCUT2D eigenvalue weighted by Gasteiger charge is 2.40. The maximum absolute atomic E-state index is 12.7. The smallest absolute Gasteiger partial charge is 0.251 e. The number of nitrogens with zero attached hydrogens (tertiary/aromatic N) is 2. The van der Waals surface area contributed by atoms with Crippen molar-refractivity contribution in [1.29, 1.82) is 0 Å². The third-order valence-corrected chi connectivity index (χ3v) is 5.95. The van der Waals surface area contributed by atoms with Crippen LogP contribution in [0.4, 0.5) is 0 Å². The number of hydrogen-bond acceptors (Lipinski definition) is 5. The van der Waals surface area contributed by atoms with Gasteiger partial charge in [0.25, 0.3) is 5.91 Å². The first-order chi connectivity index (χ1) is 13.5. The number of carbonyl (C=O) groups excluding carboxylic acids is 2.